The van der Waals surface area contributed by atoms with Crippen LogP contribution in [0.1, 0.15) is 22.5 Å². The van der Waals surface area contributed by atoms with E-state index in [0.29, 0.717) is 23.1 Å². The number of amides is 1. The fraction of sp³-hybridized carbons (Fsp3) is 0.545. The van der Waals surface area contributed by atoms with Gasteiger partial charge >= 0.3 is 0 Å². The summed E-state index contributed by atoms with van der Waals surface area (Å²) in [6.45, 7) is 0.663. The molecule has 1 aliphatic carbocycles. The summed E-state index contributed by atoms with van der Waals surface area (Å²) in [6, 6.07) is 1.80. The molecule has 3 nitrogen and oxygen atoms in total. The lowest BCUT2D eigenvalue weighted by Gasteiger charge is -2.12. The molecule has 1 aromatic heterocycles. The lowest BCUT2D eigenvalue weighted by atomic mass is 10.1. The first-order valence-electron chi connectivity index (χ1n) is 5.16. The number of methoxy groups -OCH3 is 1. The van der Waals surface area contributed by atoms with E-state index >= 15 is 0 Å². The summed E-state index contributed by atoms with van der Waals surface area (Å²) in [5.74, 6) is 1.19. The van der Waals surface area contributed by atoms with Gasteiger partial charge in [0.1, 0.15) is 10.6 Å². The first-order chi connectivity index (χ1) is 7.71. The highest BCUT2D eigenvalue weighted by Crippen LogP contribution is 2.45. The zero-order chi connectivity index (χ0) is 11.6. The lowest BCUT2D eigenvalue weighted by molar-refractivity contribution is 0.0948. The fourth-order valence-corrected chi connectivity index (χ4v) is 2.64. The van der Waals surface area contributed by atoms with Crippen LogP contribution in [0.15, 0.2) is 11.4 Å². The predicted molar refractivity (Wildman–Crippen MR) is 65.6 cm³/mol. The van der Waals surface area contributed by atoms with Crippen LogP contribution in [0, 0.1) is 5.41 Å². The Morgan fingerprint density at radius 2 is 2.44 bits per heavy atom. The molecule has 16 heavy (non-hydrogen) atoms. The van der Waals surface area contributed by atoms with E-state index in [1.807, 2.05) is 5.38 Å². The zero-order valence-corrected chi connectivity index (χ0v) is 10.7. The Morgan fingerprint density at radius 3 is 3.00 bits per heavy atom. The number of alkyl halides is 1. The minimum Gasteiger partial charge on any atom is -0.495 e. The van der Waals surface area contributed by atoms with E-state index in [-0.39, 0.29) is 11.3 Å². The summed E-state index contributed by atoms with van der Waals surface area (Å²) in [7, 11) is 1.57. The smallest absolute Gasteiger partial charge is 0.265 e. The molecule has 0 spiro atoms. The Labute approximate surface area is 104 Å². The summed E-state index contributed by atoms with van der Waals surface area (Å²) in [4.78, 5) is 12.5. The molecule has 0 saturated heterocycles. The largest absolute Gasteiger partial charge is 0.495 e. The Morgan fingerprint density at radius 1 is 1.69 bits per heavy atom. The van der Waals surface area contributed by atoms with Crippen molar-refractivity contribution >= 4 is 28.8 Å². The molecular formula is C11H14ClNO2S. The Balaban J connectivity index is 1.93. The SMILES string of the molecule is COc1ccsc1C(=O)NCC1(CCl)CC1. The maximum absolute atomic E-state index is 11.9. The highest BCUT2D eigenvalue weighted by Gasteiger charge is 2.41. The van der Waals surface area contributed by atoms with Crippen molar-refractivity contribution in [1.29, 1.82) is 0 Å². The van der Waals surface area contributed by atoms with Gasteiger partial charge in [0.05, 0.1) is 7.11 Å². The Kier molecular flexibility index (Phi) is 3.40. The molecule has 1 aromatic rings. The summed E-state index contributed by atoms with van der Waals surface area (Å²) in [5, 5.41) is 4.77. The van der Waals surface area contributed by atoms with Crippen LogP contribution in [0.4, 0.5) is 0 Å². The molecule has 0 aromatic carbocycles. The lowest BCUT2D eigenvalue weighted by Crippen LogP contribution is -2.30. The first kappa shape index (κ1) is 11.7. The molecule has 1 N–H and O–H groups in total. The van der Waals surface area contributed by atoms with E-state index in [4.69, 9.17) is 16.3 Å². The van der Waals surface area contributed by atoms with Gasteiger partial charge in [-0.2, -0.15) is 0 Å². The number of carbonyl (C=O) groups excluding carboxylic acids is 1. The molecule has 5 heteroatoms. The van der Waals surface area contributed by atoms with Crippen molar-refractivity contribution in [3.8, 4) is 5.75 Å². The number of hydrogen-bond donors (Lipinski definition) is 1. The normalized spacial score (nSPS) is 16.9. The second-order valence-electron chi connectivity index (χ2n) is 4.13. The first-order valence-corrected chi connectivity index (χ1v) is 6.58. The molecule has 0 unspecified atom stereocenters. The van der Waals surface area contributed by atoms with Crippen LogP contribution in [-0.2, 0) is 0 Å². The number of rotatable bonds is 5. The average molecular weight is 260 g/mol. The van der Waals surface area contributed by atoms with Crippen molar-refractivity contribution in [1.82, 2.24) is 5.32 Å². The van der Waals surface area contributed by atoms with E-state index < -0.39 is 0 Å². The molecule has 0 atom stereocenters. The molecule has 1 amide bonds. The molecule has 1 fully saturated rings. The van der Waals surface area contributed by atoms with Crippen molar-refractivity contribution in [3.63, 3.8) is 0 Å². The predicted octanol–water partition coefficient (Wildman–Crippen LogP) is 2.51. The summed E-state index contributed by atoms with van der Waals surface area (Å²) in [5.41, 5.74) is 0.154. The molecule has 1 heterocycles. The molecule has 0 aliphatic heterocycles. The summed E-state index contributed by atoms with van der Waals surface area (Å²) < 4.78 is 5.10. The second kappa shape index (κ2) is 4.63. The van der Waals surface area contributed by atoms with Gasteiger partial charge < -0.3 is 10.1 Å². The van der Waals surface area contributed by atoms with E-state index in [1.54, 1.807) is 13.2 Å². The maximum atomic E-state index is 11.9. The fourth-order valence-electron chi connectivity index (χ4n) is 1.51. The van der Waals surface area contributed by atoms with Gasteiger partial charge in [-0.15, -0.1) is 22.9 Å². The van der Waals surface area contributed by atoms with Gasteiger partial charge in [-0.3, -0.25) is 4.79 Å². The van der Waals surface area contributed by atoms with Gasteiger partial charge in [0.25, 0.3) is 5.91 Å². The summed E-state index contributed by atoms with van der Waals surface area (Å²) >= 11 is 7.24. The van der Waals surface area contributed by atoms with E-state index in [9.17, 15) is 4.79 Å². The van der Waals surface area contributed by atoms with Crippen LogP contribution in [0.3, 0.4) is 0 Å². The van der Waals surface area contributed by atoms with Gasteiger partial charge in [0.15, 0.2) is 0 Å². The van der Waals surface area contributed by atoms with Gasteiger partial charge in [-0.1, -0.05) is 0 Å². The third kappa shape index (κ3) is 2.33. The van der Waals surface area contributed by atoms with Crippen LogP contribution in [0.2, 0.25) is 0 Å². The highest BCUT2D eigenvalue weighted by molar-refractivity contribution is 7.12. The number of ether oxygens (including phenoxy) is 1. The molecule has 1 saturated carbocycles. The number of thiophene rings is 1. The molecule has 0 bridgehead atoms. The van der Waals surface area contributed by atoms with Crippen molar-refractivity contribution in [3.05, 3.63) is 16.3 Å². The van der Waals surface area contributed by atoms with Crippen LogP contribution in [0.5, 0.6) is 5.75 Å². The number of hydrogen-bond acceptors (Lipinski definition) is 3. The van der Waals surface area contributed by atoms with Crippen molar-refractivity contribution in [2.45, 2.75) is 12.8 Å². The van der Waals surface area contributed by atoms with Crippen LogP contribution in [0.25, 0.3) is 0 Å². The van der Waals surface area contributed by atoms with E-state index in [2.05, 4.69) is 5.32 Å². The van der Waals surface area contributed by atoms with E-state index in [1.165, 1.54) is 11.3 Å². The molecule has 1 aliphatic rings. The van der Waals surface area contributed by atoms with Crippen molar-refractivity contribution in [2.75, 3.05) is 19.5 Å². The molecule has 88 valence electrons. The molecule has 2 rings (SSSR count). The number of nitrogens with one attached hydrogen (secondary N) is 1. The third-order valence-electron chi connectivity index (χ3n) is 2.92. The third-order valence-corrected chi connectivity index (χ3v) is 4.38. The monoisotopic (exact) mass is 259 g/mol. The number of carbonyl (C=O) groups is 1. The maximum Gasteiger partial charge on any atom is 0.265 e. The van der Waals surface area contributed by atoms with Crippen molar-refractivity contribution < 1.29 is 9.53 Å². The van der Waals surface area contributed by atoms with Crippen molar-refractivity contribution in [2.24, 2.45) is 5.41 Å². The minimum absolute atomic E-state index is 0.0664. The zero-order valence-electron chi connectivity index (χ0n) is 9.09. The highest BCUT2D eigenvalue weighted by atomic mass is 35.5. The van der Waals surface area contributed by atoms with Gasteiger partial charge in [-0.25, -0.2) is 0 Å². The topological polar surface area (TPSA) is 38.3 Å². The van der Waals surface area contributed by atoms with Gasteiger partial charge in [0.2, 0.25) is 0 Å². The molecule has 0 radical (unpaired) electrons. The minimum atomic E-state index is -0.0664. The number of halogens is 1. The van der Waals surface area contributed by atoms with Gasteiger partial charge in [0, 0.05) is 17.8 Å². The quantitative estimate of drug-likeness (QED) is 0.826. The average Bonchev–Trinajstić information content (AvgIpc) is 2.94. The molecular weight excluding hydrogens is 246 g/mol. The van der Waals surface area contributed by atoms with E-state index in [0.717, 1.165) is 12.8 Å². The standard InChI is InChI=1S/C11H14ClNO2S/c1-15-8-2-5-16-9(8)10(14)13-7-11(6-12)3-4-11/h2,5H,3-4,6-7H2,1H3,(H,13,14). The van der Waals surface area contributed by atoms with Crippen LogP contribution >= 0.6 is 22.9 Å². The Bertz CT molecular complexity index is 387. The Hall–Kier alpha value is -0.740. The van der Waals surface area contributed by atoms with Gasteiger partial charge in [-0.05, 0) is 24.3 Å². The summed E-state index contributed by atoms with van der Waals surface area (Å²) in [6.07, 6.45) is 2.22. The second-order valence-corrected chi connectivity index (χ2v) is 5.32. The van der Waals surface area contributed by atoms with Crippen LogP contribution in [-0.4, -0.2) is 25.4 Å². The van der Waals surface area contributed by atoms with Crippen LogP contribution < -0.4 is 10.1 Å².